The number of aryl methyl sites for hydroxylation is 1. The first-order valence-electron chi connectivity index (χ1n) is 14.4. The molecule has 0 amide bonds. The molecular formula is C32H48N2O3. The predicted molar refractivity (Wildman–Crippen MR) is 157 cm³/mol. The normalized spacial score (nSPS) is 11.6. The molecule has 0 spiro atoms. The third-order valence-electron chi connectivity index (χ3n) is 6.50. The zero-order valence-corrected chi connectivity index (χ0v) is 23.1. The number of rotatable bonds is 20. The number of phenols is 2. The largest absolute Gasteiger partial charge is 0.507 e. The molecule has 0 aromatic heterocycles. The smallest absolute Gasteiger partial charge is 0.124 e. The van der Waals surface area contributed by atoms with Crippen LogP contribution in [0.15, 0.2) is 46.4 Å². The van der Waals surface area contributed by atoms with Gasteiger partial charge in [-0.15, -0.1) is 0 Å². The molecule has 0 aliphatic heterocycles. The van der Waals surface area contributed by atoms with Crippen molar-refractivity contribution in [3.63, 3.8) is 0 Å². The van der Waals surface area contributed by atoms with Crippen molar-refractivity contribution < 1.29 is 14.9 Å². The molecule has 2 aromatic carbocycles. The van der Waals surface area contributed by atoms with Gasteiger partial charge in [-0.05, 0) is 55.2 Å². The zero-order valence-electron chi connectivity index (χ0n) is 23.1. The summed E-state index contributed by atoms with van der Waals surface area (Å²) in [4.78, 5) is 8.84. The van der Waals surface area contributed by atoms with E-state index in [-0.39, 0.29) is 11.5 Å². The summed E-state index contributed by atoms with van der Waals surface area (Å²) < 4.78 is 5.83. The Labute approximate surface area is 224 Å². The van der Waals surface area contributed by atoms with Crippen LogP contribution in [-0.4, -0.2) is 42.3 Å². The summed E-state index contributed by atoms with van der Waals surface area (Å²) in [5, 5.41) is 20.3. The van der Waals surface area contributed by atoms with Crippen LogP contribution in [0.4, 0.5) is 0 Å². The van der Waals surface area contributed by atoms with Crippen molar-refractivity contribution in [3.8, 4) is 17.2 Å². The Morgan fingerprint density at radius 2 is 1.19 bits per heavy atom. The van der Waals surface area contributed by atoms with Gasteiger partial charge >= 0.3 is 0 Å². The average molecular weight is 509 g/mol. The van der Waals surface area contributed by atoms with E-state index in [1.165, 1.54) is 76.2 Å². The molecular weight excluding hydrogens is 460 g/mol. The number of hydrogen-bond acceptors (Lipinski definition) is 5. The number of aliphatic imine (C=N–C) groups is 2. The Morgan fingerprint density at radius 3 is 1.84 bits per heavy atom. The molecule has 2 aromatic rings. The molecule has 2 rings (SSSR count). The Morgan fingerprint density at radius 1 is 0.649 bits per heavy atom. The van der Waals surface area contributed by atoms with Crippen LogP contribution in [0.5, 0.6) is 17.2 Å². The maximum atomic E-state index is 10.2. The summed E-state index contributed by atoms with van der Waals surface area (Å²) in [6, 6.07) is 11.1. The van der Waals surface area contributed by atoms with Gasteiger partial charge in [0.05, 0.1) is 19.7 Å². The fourth-order valence-electron chi connectivity index (χ4n) is 4.21. The number of aromatic hydroxyl groups is 2. The van der Waals surface area contributed by atoms with E-state index in [1.54, 1.807) is 30.6 Å². The van der Waals surface area contributed by atoms with Crippen molar-refractivity contribution in [2.75, 3.05) is 19.7 Å². The molecule has 204 valence electrons. The molecule has 5 nitrogen and oxygen atoms in total. The third kappa shape index (κ3) is 13.3. The lowest BCUT2D eigenvalue weighted by atomic mass is 10.0. The summed E-state index contributed by atoms with van der Waals surface area (Å²) in [6.45, 7) is 6.15. The summed E-state index contributed by atoms with van der Waals surface area (Å²) in [5.41, 5.74) is 2.63. The molecule has 5 heteroatoms. The Balaban J connectivity index is 1.74. The molecule has 0 aliphatic rings. The molecule has 37 heavy (non-hydrogen) atoms. The van der Waals surface area contributed by atoms with Crippen molar-refractivity contribution in [3.05, 3.63) is 53.1 Å². The minimum atomic E-state index is 0.185. The molecule has 0 saturated carbocycles. The lowest BCUT2D eigenvalue weighted by Gasteiger charge is -2.08. The lowest BCUT2D eigenvalue weighted by molar-refractivity contribution is 0.304. The highest BCUT2D eigenvalue weighted by Crippen LogP contribution is 2.22. The maximum absolute atomic E-state index is 10.2. The number of unbranched alkanes of at least 4 members (excludes halogenated alkanes) is 10. The molecule has 0 aliphatic carbocycles. The van der Waals surface area contributed by atoms with E-state index in [1.807, 2.05) is 18.2 Å². The van der Waals surface area contributed by atoms with Gasteiger partial charge in [-0.25, -0.2) is 0 Å². The molecule has 0 saturated heterocycles. The number of benzene rings is 2. The second-order valence-corrected chi connectivity index (χ2v) is 9.82. The fourth-order valence-corrected chi connectivity index (χ4v) is 4.21. The van der Waals surface area contributed by atoms with E-state index in [0.29, 0.717) is 25.3 Å². The van der Waals surface area contributed by atoms with Gasteiger partial charge in [0.25, 0.3) is 0 Å². The van der Waals surface area contributed by atoms with E-state index in [2.05, 4.69) is 23.8 Å². The SMILES string of the molecule is CCCCCCCCCc1ccc(O)c(C=NCCN=Cc2cc(OCCCCCCC)ccc2O)c1. The van der Waals surface area contributed by atoms with Crippen LogP contribution >= 0.6 is 0 Å². The molecule has 0 heterocycles. The van der Waals surface area contributed by atoms with Crippen LogP contribution in [-0.2, 0) is 6.42 Å². The van der Waals surface area contributed by atoms with Crippen LogP contribution in [0.2, 0.25) is 0 Å². The van der Waals surface area contributed by atoms with E-state index in [4.69, 9.17) is 4.74 Å². The van der Waals surface area contributed by atoms with Crippen LogP contribution in [0.3, 0.4) is 0 Å². The van der Waals surface area contributed by atoms with Crippen molar-refractivity contribution in [2.24, 2.45) is 9.98 Å². The molecule has 0 radical (unpaired) electrons. The van der Waals surface area contributed by atoms with Gasteiger partial charge in [-0.1, -0.05) is 84.1 Å². The maximum Gasteiger partial charge on any atom is 0.124 e. The summed E-state index contributed by atoms with van der Waals surface area (Å²) in [6.07, 6.45) is 19.5. The average Bonchev–Trinajstić information content (AvgIpc) is 2.90. The number of hydrogen-bond donors (Lipinski definition) is 2. The Hall–Kier alpha value is -2.82. The second-order valence-electron chi connectivity index (χ2n) is 9.82. The Kier molecular flexibility index (Phi) is 15.9. The van der Waals surface area contributed by atoms with Gasteiger partial charge in [0, 0.05) is 23.6 Å². The first-order valence-corrected chi connectivity index (χ1v) is 14.4. The fraction of sp³-hybridized carbons (Fsp3) is 0.562. The minimum Gasteiger partial charge on any atom is -0.507 e. The molecule has 0 fully saturated rings. The third-order valence-corrected chi connectivity index (χ3v) is 6.50. The number of nitrogens with zero attached hydrogens (tertiary/aromatic N) is 2. The summed E-state index contributed by atoms with van der Waals surface area (Å²) in [5.74, 6) is 1.19. The monoisotopic (exact) mass is 508 g/mol. The summed E-state index contributed by atoms with van der Waals surface area (Å²) >= 11 is 0. The van der Waals surface area contributed by atoms with Gasteiger partial charge in [-0.3, -0.25) is 9.98 Å². The van der Waals surface area contributed by atoms with Crippen molar-refractivity contribution in [1.29, 1.82) is 0 Å². The Bertz CT molecular complexity index is 940. The van der Waals surface area contributed by atoms with E-state index >= 15 is 0 Å². The topological polar surface area (TPSA) is 74.4 Å². The van der Waals surface area contributed by atoms with Gasteiger partial charge in [0.1, 0.15) is 17.2 Å². The highest BCUT2D eigenvalue weighted by molar-refractivity contribution is 5.84. The number of phenolic OH excluding ortho intramolecular Hbond substituents is 2. The standard InChI is InChI=1S/C32H48N2O3/c1-3-5-7-9-10-11-13-15-27-16-18-31(35)28(23-27)25-33-20-21-34-26-29-24-30(17-19-32(29)36)37-22-14-12-8-6-4-2/h16-19,23-26,35-36H,3-15,20-22H2,1-2H3. The molecule has 0 atom stereocenters. The van der Waals surface area contributed by atoms with Gasteiger partial charge < -0.3 is 14.9 Å². The first-order chi connectivity index (χ1) is 18.1. The summed E-state index contributed by atoms with van der Waals surface area (Å²) in [7, 11) is 0. The quantitative estimate of drug-likeness (QED) is 0.140. The van der Waals surface area contributed by atoms with Crippen LogP contribution in [0.25, 0.3) is 0 Å². The van der Waals surface area contributed by atoms with Crippen LogP contribution in [0.1, 0.15) is 108 Å². The predicted octanol–water partition coefficient (Wildman–Crippen LogP) is 8.28. The van der Waals surface area contributed by atoms with Crippen molar-refractivity contribution in [1.82, 2.24) is 0 Å². The minimum absolute atomic E-state index is 0.185. The molecule has 0 bridgehead atoms. The van der Waals surface area contributed by atoms with Crippen molar-refractivity contribution in [2.45, 2.75) is 97.3 Å². The van der Waals surface area contributed by atoms with E-state index in [0.717, 1.165) is 24.2 Å². The van der Waals surface area contributed by atoms with Gasteiger partial charge in [-0.2, -0.15) is 0 Å². The number of ether oxygens (including phenoxy) is 1. The molecule has 0 unspecified atom stereocenters. The van der Waals surface area contributed by atoms with Crippen LogP contribution in [0, 0.1) is 0 Å². The highest BCUT2D eigenvalue weighted by atomic mass is 16.5. The van der Waals surface area contributed by atoms with E-state index < -0.39 is 0 Å². The van der Waals surface area contributed by atoms with Gasteiger partial charge in [0.2, 0.25) is 0 Å². The van der Waals surface area contributed by atoms with E-state index in [9.17, 15) is 10.2 Å². The van der Waals surface area contributed by atoms with Crippen LogP contribution < -0.4 is 4.74 Å². The first kappa shape index (κ1) is 30.4. The van der Waals surface area contributed by atoms with Crippen molar-refractivity contribution >= 4 is 12.4 Å². The van der Waals surface area contributed by atoms with Gasteiger partial charge in [0.15, 0.2) is 0 Å². The second kappa shape index (κ2) is 19.3. The molecule has 2 N–H and O–H groups in total. The highest BCUT2D eigenvalue weighted by Gasteiger charge is 2.03. The lowest BCUT2D eigenvalue weighted by Crippen LogP contribution is -1.98. The zero-order chi connectivity index (χ0) is 26.6.